The lowest BCUT2D eigenvalue weighted by molar-refractivity contribution is -0.151. The molecule has 15 nitrogen and oxygen atoms in total. The van der Waals surface area contributed by atoms with Gasteiger partial charge in [-0.1, -0.05) is 42.8 Å². The molecule has 0 radical (unpaired) electrons. The van der Waals surface area contributed by atoms with Gasteiger partial charge in [-0.25, -0.2) is 14.2 Å². The van der Waals surface area contributed by atoms with E-state index in [0.29, 0.717) is 58.6 Å². The minimum atomic E-state index is -1.20. The molecule has 326 valence electrons. The van der Waals surface area contributed by atoms with Crippen molar-refractivity contribution in [1.29, 1.82) is 0 Å². The van der Waals surface area contributed by atoms with Crippen molar-refractivity contribution in [3.63, 3.8) is 0 Å². The standard InChI is InChI=1S/C47H48N6O9S/c1-26-25-63-45-40(44(57)53(45)41(26)47(60)61)50-43(56)39(27-12-8-6-9-13-27)49-37(54)14-10-7-11-21-48-42(55)28-15-18-31(34(22-28)46(58)59)38-32-19-16-29(51(2)3)23-35(32)62-36-24-30(52(4)5)17-20-33(36)38/h6,8-9,12-13,15-20,22-24,39-40,45H,7,10-11,14,21,25H2,1-5H3,(H4-,48,49,50,54,55,56,58,59,60,61)/p+1/t39-,40-,45-/m1/s1. The first-order valence-electron chi connectivity index (χ1n) is 20.5. The number of fused-ring (bicyclic) bond motifs is 3. The molecule has 7 rings (SSSR count). The largest absolute Gasteiger partial charge is 0.478 e. The Kier molecular flexibility index (Phi) is 13.0. The van der Waals surface area contributed by atoms with E-state index in [9.17, 15) is 39.0 Å². The molecular formula is C47H49N6O9S+. The van der Waals surface area contributed by atoms with Crippen LogP contribution in [0.2, 0.25) is 0 Å². The number of hydrogen-bond acceptors (Lipinski definition) is 9. The normalized spacial score (nSPS) is 16.2. The highest BCUT2D eigenvalue weighted by molar-refractivity contribution is 8.00. The van der Waals surface area contributed by atoms with Gasteiger partial charge in [0.2, 0.25) is 17.2 Å². The molecule has 3 aromatic carbocycles. The van der Waals surface area contributed by atoms with Crippen LogP contribution in [-0.2, 0) is 19.2 Å². The van der Waals surface area contributed by atoms with Gasteiger partial charge in [0, 0.05) is 72.7 Å². The third kappa shape index (κ3) is 9.16. The molecule has 0 bridgehead atoms. The molecule has 0 spiro atoms. The fourth-order valence-corrected chi connectivity index (χ4v) is 9.17. The van der Waals surface area contributed by atoms with Crippen LogP contribution in [-0.4, -0.2) is 103 Å². The number of nitrogens with zero attached hydrogens (tertiary/aromatic N) is 3. The van der Waals surface area contributed by atoms with Crippen molar-refractivity contribution in [2.45, 2.75) is 50.1 Å². The van der Waals surface area contributed by atoms with Crippen LogP contribution in [0.15, 0.2) is 101 Å². The number of aliphatic carboxylic acids is 1. The van der Waals surface area contributed by atoms with E-state index in [1.54, 1.807) is 49.4 Å². The van der Waals surface area contributed by atoms with Gasteiger partial charge >= 0.3 is 11.9 Å². The first kappa shape index (κ1) is 44.1. The second-order valence-corrected chi connectivity index (χ2v) is 17.1. The van der Waals surface area contributed by atoms with Crippen LogP contribution in [0, 0.1) is 0 Å². The highest BCUT2D eigenvalue weighted by Crippen LogP contribution is 2.43. The van der Waals surface area contributed by atoms with Gasteiger partial charge in [0.05, 0.1) is 11.6 Å². The summed E-state index contributed by atoms with van der Waals surface area (Å²) in [5.74, 6) is -3.32. The number of carbonyl (C=O) groups is 6. The van der Waals surface area contributed by atoms with Crippen molar-refractivity contribution in [3.8, 4) is 22.5 Å². The van der Waals surface area contributed by atoms with Gasteiger partial charge in [-0.05, 0) is 66.8 Å². The maximum Gasteiger partial charge on any atom is 0.352 e. The van der Waals surface area contributed by atoms with Crippen molar-refractivity contribution in [2.24, 2.45) is 0 Å². The average molecular weight is 874 g/mol. The number of carboxylic acids is 2. The molecule has 4 aliphatic rings. The monoisotopic (exact) mass is 873 g/mol. The first-order valence-corrected chi connectivity index (χ1v) is 21.6. The topological polar surface area (TPSA) is 202 Å². The Hall–Kier alpha value is -6.94. The lowest BCUT2D eigenvalue weighted by Crippen LogP contribution is -2.71. The van der Waals surface area contributed by atoms with E-state index in [1.165, 1.54) is 22.7 Å². The molecule has 16 heteroatoms. The Morgan fingerprint density at radius 1 is 0.905 bits per heavy atom. The Morgan fingerprint density at radius 3 is 2.35 bits per heavy atom. The smallest absolute Gasteiger partial charge is 0.352 e. The molecule has 3 aromatic rings. The molecule has 3 atom stereocenters. The molecule has 0 aromatic heterocycles. The Labute approximate surface area is 367 Å². The van der Waals surface area contributed by atoms with Crippen LogP contribution >= 0.6 is 11.8 Å². The van der Waals surface area contributed by atoms with Crippen LogP contribution in [0.25, 0.3) is 33.4 Å². The second kappa shape index (κ2) is 18.6. The number of β-lactam (4-membered cyclic amide) rings is 1. The minimum absolute atomic E-state index is 0.0352. The van der Waals surface area contributed by atoms with Gasteiger partial charge in [-0.3, -0.25) is 24.1 Å². The second-order valence-electron chi connectivity index (χ2n) is 16.0. The number of anilines is 1. The van der Waals surface area contributed by atoms with E-state index in [4.69, 9.17) is 4.42 Å². The molecule has 0 unspecified atom stereocenters. The van der Waals surface area contributed by atoms with Gasteiger partial charge in [0.25, 0.3) is 11.8 Å². The Bertz CT molecular complexity index is 2720. The number of benzene rings is 4. The molecule has 5 N–H and O–H groups in total. The van der Waals surface area contributed by atoms with E-state index >= 15 is 0 Å². The van der Waals surface area contributed by atoms with Crippen LogP contribution in [0.4, 0.5) is 5.69 Å². The Morgan fingerprint density at radius 2 is 1.65 bits per heavy atom. The molecule has 0 saturated carbocycles. The zero-order valence-corrected chi connectivity index (χ0v) is 36.4. The molecule has 3 aliphatic heterocycles. The van der Waals surface area contributed by atoms with E-state index < -0.39 is 47.1 Å². The van der Waals surface area contributed by atoms with Crippen molar-refractivity contribution >= 4 is 64.0 Å². The lowest BCUT2D eigenvalue weighted by atomic mass is 9.89. The van der Waals surface area contributed by atoms with Gasteiger partial charge in [-0.15, -0.1) is 11.8 Å². The van der Waals surface area contributed by atoms with Crippen LogP contribution in [0.3, 0.4) is 0 Å². The predicted molar refractivity (Wildman–Crippen MR) is 240 cm³/mol. The zero-order chi connectivity index (χ0) is 45.1. The summed E-state index contributed by atoms with van der Waals surface area (Å²) in [5, 5.41) is 29.6. The zero-order valence-electron chi connectivity index (χ0n) is 35.6. The number of carbonyl (C=O) groups excluding carboxylic acids is 4. The van der Waals surface area contributed by atoms with Crippen LogP contribution in [0.1, 0.15) is 64.9 Å². The highest BCUT2D eigenvalue weighted by Gasteiger charge is 2.54. The summed E-state index contributed by atoms with van der Waals surface area (Å²) in [5.41, 5.74) is 4.52. The summed E-state index contributed by atoms with van der Waals surface area (Å²) in [6, 6.07) is 22.8. The number of unbranched alkanes of at least 4 members (excludes halogenated alkanes) is 2. The summed E-state index contributed by atoms with van der Waals surface area (Å²) >= 11 is 1.37. The van der Waals surface area contributed by atoms with Gasteiger partial charge in [0.1, 0.15) is 48.6 Å². The molecule has 1 saturated heterocycles. The van der Waals surface area contributed by atoms with Gasteiger partial charge in [0.15, 0.2) is 0 Å². The fraction of sp³-hybridized carbons (Fsp3) is 0.298. The third-order valence-electron chi connectivity index (χ3n) is 11.2. The predicted octanol–water partition coefficient (Wildman–Crippen LogP) is 4.91. The van der Waals surface area contributed by atoms with Crippen molar-refractivity contribution < 1.29 is 43.4 Å². The van der Waals surface area contributed by atoms with Crippen molar-refractivity contribution in [2.75, 3.05) is 45.4 Å². The van der Waals surface area contributed by atoms with Crippen LogP contribution < -0.4 is 30.8 Å². The number of rotatable bonds is 15. The number of thioether (sulfide) groups is 1. The van der Waals surface area contributed by atoms with Crippen molar-refractivity contribution in [3.05, 3.63) is 118 Å². The summed E-state index contributed by atoms with van der Waals surface area (Å²) in [6.45, 7) is 1.94. The molecular weight excluding hydrogens is 825 g/mol. The maximum atomic E-state index is 13.6. The number of carboxylic acid groups (broad SMARTS) is 2. The van der Waals surface area contributed by atoms with E-state index in [2.05, 4.69) is 16.0 Å². The summed E-state index contributed by atoms with van der Waals surface area (Å²) < 4.78 is 8.36. The molecule has 3 heterocycles. The SMILES string of the molecule is CC1=C(C(=O)O)N2C(=O)[C@@H](NC(=O)[C@H](NC(=O)CCCCCNC(=O)c3ccc(-c4c5ccc(=[N+](C)C)cc-5oc5cc(N(C)C)ccc45)c(C(=O)O)c3)c3ccccc3)[C@H]2SC1. The quantitative estimate of drug-likeness (QED) is 0.0415. The number of aromatic carboxylic acids is 1. The first-order chi connectivity index (χ1) is 30.1. The summed E-state index contributed by atoms with van der Waals surface area (Å²) in [6.07, 6.45) is 1.66. The highest BCUT2D eigenvalue weighted by atomic mass is 32.2. The van der Waals surface area contributed by atoms with Crippen LogP contribution in [0.5, 0.6) is 0 Å². The summed E-state index contributed by atoms with van der Waals surface area (Å²) in [4.78, 5) is 80.9. The van der Waals surface area contributed by atoms with Gasteiger partial charge < -0.3 is 35.5 Å². The number of hydrogen-bond donors (Lipinski definition) is 5. The van der Waals surface area contributed by atoms with E-state index in [0.717, 1.165) is 22.0 Å². The van der Waals surface area contributed by atoms with Crippen molar-refractivity contribution in [1.82, 2.24) is 25.4 Å². The van der Waals surface area contributed by atoms with E-state index in [-0.39, 0.29) is 35.7 Å². The third-order valence-corrected chi connectivity index (χ3v) is 12.7. The number of nitrogens with one attached hydrogen (secondary N) is 3. The number of amides is 4. The molecule has 4 amide bonds. The van der Waals surface area contributed by atoms with Gasteiger partial charge in [-0.2, -0.15) is 0 Å². The fourth-order valence-electron chi connectivity index (χ4n) is 7.88. The van der Waals surface area contributed by atoms with E-state index in [1.807, 2.05) is 74.1 Å². The Balaban J connectivity index is 0.968. The summed E-state index contributed by atoms with van der Waals surface area (Å²) in [7, 11) is 7.71. The minimum Gasteiger partial charge on any atom is -0.478 e. The molecule has 63 heavy (non-hydrogen) atoms. The lowest BCUT2D eigenvalue weighted by Gasteiger charge is -2.49. The molecule has 1 aliphatic carbocycles. The maximum absolute atomic E-state index is 13.6. The average Bonchev–Trinajstić information content (AvgIpc) is 3.26. The molecule has 1 fully saturated rings.